The first-order valence-corrected chi connectivity index (χ1v) is 12.8. The van der Waals surface area contributed by atoms with Crippen LogP contribution in [0.1, 0.15) is 53.6 Å². The van der Waals surface area contributed by atoms with Crippen molar-refractivity contribution in [1.82, 2.24) is 20.4 Å². The number of hydrogen-bond acceptors (Lipinski definition) is 4. The molecule has 182 valence electrons. The van der Waals surface area contributed by atoms with E-state index in [4.69, 9.17) is 0 Å². The van der Waals surface area contributed by atoms with Crippen molar-refractivity contribution in [2.75, 3.05) is 13.1 Å². The zero-order valence-corrected chi connectivity index (χ0v) is 19.9. The predicted molar refractivity (Wildman–Crippen MR) is 133 cm³/mol. The zero-order chi connectivity index (χ0) is 24.0. The number of benzene rings is 2. The van der Waals surface area contributed by atoms with Crippen LogP contribution in [0, 0.1) is 11.8 Å². The molecule has 3 aromatic rings. The number of hydrogen-bond donors (Lipinski definition) is 3. The fourth-order valence-corrected chi connectivity index (χ4v) is 6.42. The van der Waals surface area contributed by atoms with E-state index >= 15 is 0 Å². The molecular formula is C28H32N4O3. The standard InChI is InChI=1S/C28H32N4O3/c33-26(20-6-8-25-23(13-20)16-29-31-25)32-12-10-19-14-24(7-5-22(19)17-32)30-27(34)28(35)11-9-18-3-1-2-4-21(18)15-28/h1-4,6,8,13,16,19,22,24,35H,5,7,9-12,14-15,17H2,(H,29,31)(H,30,34). The number of H-pyrrole nitrogens is 1. The van der Waals surface area contributed by atoms with Gasteiger partial charge in [-0.25, -0.2) is 0 Å². The number of nitrogens with zero attached hydrogens (tertiary/aromatic N) is 2. The first-order chi connectivity index (χ1) is 17.0. The molecule has 2 aliphatic carbocycles. The summed E-state index contributed by atoms with van der Waals surface area (Å²) in [5.74, 6) is 0.818. The molecule has 7 nitrogen and oxygen atoms in total. The van der Waals surface area contributed by atoms with Crippen LogP contribution in [-0.2, 0) is 17.6 Å². The third-order valence-corrected chi connectivity index (χ3v) is 8.51. The minimum Gasteiger partial charge on any atom is -0.380 e. The third-order valence-electron chi connectivity index (χ3n) is 8.51. The average molecular weight is 473 g/mol. The summed E-state index contributed by atoms with van der Waals surface area (Å²) >= 11 is 0. The van der Waals surface area contributed by atoms with E-state index in [1.807, 2.05) is 41.3 Å². The van der Waals surface area contributed by atoms with Crippen LogP contribution in [0.2, 0.25) is 0 Å². The quantitative estimate of drug-likeness (QED) is 0.545. The Morgan fingerprint density at radius 2 is 1.94 bits per heavy atom. The molecule has 7 heteroatoms. The molecule has 3 aliphatic rings. The fraction of sp³-hybridized carbons (Fsp3) is 0.464. The maximum absolute atomic E-state index is 13.2. The van der Waals surface area contributed by atoms with E-state index in [1.165, 1.54) is 5.56 Å². The molecule has 4 unspecified atom stereocenters. The van der Waals surface area contributed by atoms with E-state index < -0.39 is 5.60 Å². The van der Waals surface area contributed by atoms with E-state index in [2.05, 4.69) is 21.6 Å². The summed E-state index contributed by atoms with van der Waals surface area (Å²) in [5, 5.41) is 22.3. The lowest BCUT2D eigenvalue weighted by atomic mass is 9.72. The number of rotatable bonds is 3. The van der Waals surface area contributed by atoms with E-state index in [0.29, 0.717) is 30.2 Å². The first-order valence-electron chi connectivity index (χ1n) is 12.8. The molecule has 0 bridgehead atoms. The SMILES string of the molecule is O=C(c1ccc2[nH]ncc2c1)N1CCC2CC(NC(=O)C3(O)CCc4ccccc4C3)CCC2C1. The molecule has 0 spiro atoms. The maximum Gasteiger partial charge on any atom is 0.253 e. The Hall–Kier alpha value is -3.19. The molecule has 2 amide bonds. The van der Waals surface area contributed by atoms with Crippen LogP contribution in [0.25, 0.3) is 10.9 Å². The molecule has 6 rings (SSSR count). The molecule has 2 fully saturated rings. The second-order valence-electron chi connectivity index (χ2n) is 10.7. The van der Waals surface area contributed by atoms with Crippen molar-refractivity contribution >= 4 is 22.7 Å². The Labute approximate surface area is 204 Å². The summed E-state index contributed by atoms with van der Waals surface area (Å²) in [6, 6.07) is 13.9. The van der Waals surface area contributed by atoms with Crippen molar-refractivity contribution in [2.24, 2.45) is 11.8 Å². The minimum atomic E-state index is -1.32. The number of aromatic amines is 1. The monoisotopic (exact) mass is 472 g/mol. The van der Waals surface area contributed by atoms with Crippen molar-refractivity contribution in [1.29, 1.82) is 0 Å². The smallest absolute Gasteiger partial charge is 0.253 e. The molecular weight excluding hydrogens is 440 g/mol. The number of aryl methyl sites for hydroxylation is 1. The molecule has 1 saturated carbocycles. The van der Waals surface area contributed by atoms with Gasteiger partial charge in [0.15, 0.2) is 0 Å². The molecule has 0 radical (unpaired) electrons. The lowest BCUT2D eigenvalue weighted by Crippen LogP contribution is -2.55. The largest absolute Gasteiger partial charge is 0.380 e. The van der Waals surface area contributed by atoms with Gasteiger partial charge in [0.25, 0.3) is 11.8 Å². The molecule has 1 saturated heterocycles. The minimum absolute atomic E-state index is 0.0850. The zero-order valence-electron chi connectivity index (χ0n) is 19.9. The number of fused-ring (bicyclic) bond motifs is 3. The lowest BCUT2D eigenvalue weighted by Gasteiger charge is -2.44. The Bertz CT molecular complexity index is 1270. The van der Waals surface area contributed by atoms with Gasteiger partial charge in [-0.15, -0.1) is 0 Å². The third kappa shape index (κ3) is 4.22. The summed E-state index contributed by atoms with van der Waals surface area (Å²) in [4.78, 5) is 28.3. The van der Waals surface area contributed by atoms with Gasteiger partial charge in [-0.1, -0.05) is 24.3 Å². The van der Waals surface area contributed by atoms with Crippen LogP contribution in [0.5, 0.6) is 0 Å². The van der Waals surface area contributed by atoms with Crippen LogP contribution in [-0.4, -0.2) is 56.8 Å². The molecule has 4 atom stereocenters. The fourth-order valence-electron chi connectivity index (χ4n) is 6.42. The van der Waals surface area contributed by atoms with Crippen LogP contribution in [0.4, 0.5) is 0 Å². The number of carbonyl (C=O) groups excluding carboxylic acids is 2. The van der Waals surface area contributed by atoms with Crippen LogP contribution in [0.15, 0.2) is 48.7 Å². The van der Waals surface area contributed by atoms with Gasteiger partial charge in [0.1, 0.15) is 5.60 Å². The number of likely N-dealkylation sites (tertiary alicyclic amines) is 1. The Morgan fingerprint density at radius 3 is 2.83 bits per heavy atom. The molecule has 35 heavy (non-hydrogen) atoms. The van der Waals surface area contributed by atoms with Crippen LogP contribution >= 0.6 is 0 Å². The molecule has 3 N–H and O–H groups in total. The van der Waals surface area contributed by atoms with Gasteiger partial charge < -0.3 is 15.3 Å². The highest BCUT2D eigenvalue weighted by molar-refractivity contribution is 5.98. The van der Waals surface area contributed by atoms with E-state index in [-0.39, 0.29) is 17.9 Å². The number of amides is 2. The first kappa shape index (κ1) is 22.3. The molecule has 1 aromatic heterocycles. The number of aliphatic hydroxyl groups is 1. The maximum atomic E-state index is 13.2. The van der Waals surface area contributed by atoms with Crippen LogP contribution < -0.4 is 5.32 Å². The predicted octanol–water partition coefficient (Wildman–Crippen LogP) is 3.23. The number of piperidine rings is 1. The van der Waals surface area contributed by atoms with E-state index in [0.717, 1.165) is 61.7 Å². The second kappa shape index (κ2) is 8.79. The highest BCUT2D eigenvalue weighted by Crippen LogP contribution is 2.37. The van der Waals surface area contributed by atoms with Gasteiger partial charge in [-0.3, -0.25) is 14.7 Å². The average Bonchev–Trinajstić information content (AvgIpc) is 3.36. The van der Waals surface area contributed by atoms with Crippen molar-refractivity contribution in [3.8, 4) is 0 Å². The Balaban J connectivity index is 1.05. The van der Waals surface area contributed by atoms with Crippen molar-refractivity contribution < 1.29 is 14.7 Å². The van der Waals surface area contributed by atoms with Gasteiger partial charge >= 0.3 is 0 Å². The van der Waals surface area contributed by atoms with E-state index in [1.54, 1.807) is 6.20 Å². The molecule has 2 aromatic carbocycles. The normalized spacial score (nSPS) is 28.3. The second-order valence-corrected chi connectivity index (χ2v) is 10.7. The van der Waals surface area contributed by atoms with Crippen LogP contribution in [0.3, 0.4) is 0 Å². The van der Waals surface area contributed by atoms with Gasteiger partial charge in [0.05, 0.1) is 11.7 Å². The van der Waals surface area contributed by atoms with Gasteiger partial charge in [0.2, 0.25) is 0 Å². The number of carbonyl (C=O) groups is 2. The molecule has 2 heterocycles. The topological polar surface area (TPSA) is 98.3 Å². The van der Waals surface area contributed by atoms with Crippen molar-refractivity contribution in [3.63, 3.8) is 0 Å². The summed E-state index contributed by atoms with van der Waals surface area (Å²) in [7, 11) is 0. The Morgan fingerprint density at radius 1 is 1.09 bits per heavy atom. The molecule has 1 aliphatic heterocycles. The summed E-state index contributed by atoms with van der Waals surface area (Å²) in [5.41, 5.74) is 2.63. The summed E-state index contributed by atoms with van der Waals surface area (Å²) in [6.07, 6.45) is 7.08. The highest BCUT2D eigenvalue weighted by atomic mass is 16.3. The van der Waals surface area contributed by atoms with Gasteiger partial charge in [0, 0.05) is 36.5 Å². The highest BCUT2D eigenvalue weighted by Gasteiger charge is 2.42. The van der Waals surface area contributed by atoms with E-state index in [9.17, 15) is 14.7 Å². The van der Waals surface area contributed by atoms with Gasteiger partial charge in [-0.2, -0.15) is 5.10 Å². The number of nitrogens with one attached hydrogen (secondary N) is 2. The summed E-state index contributed by atoms with van der Waals surface area (Å²) in [6.45, 7) is 1.51. The number of aromatic nitrogens is 2. The van der Waals surface area contributed by atoms with Crippen molar-refractivity contribution in [2.45, 2.75) is 56.6 Å². The summed E-state index contributed by atoms with van der Waals surface area (Å²) < 4.78 is 0. The Kier molecular flexibility index (Phi) is 5.60. The van der Waals surface area contributed by atoms with Crippen molar-refractivity contribution in [3.05, 3.63) is 65.4 Å². The lowest BCUT2D eigenvalue weighted by molar-refractivity contribution is -0.142. The van der Waals surface area contributed by atoms with Gasteiger partial charge in [-0.05, 0) is 79.7 Å².